The Kier molecular flexibility index (Phi) is 8.05. The molecule has 6 N–H and O–H groups in total. The molecule has 1 fully saturated rings. The molecule has 0 saturated heterocycles. The van der Waals surface area contributed by atoms with Crippen LogP contribution in [0.15, 0.2) is 42.9 Å². The number of ketones is 1. The summed E-state index contributed by atoms with van der Waals surface area (Å²) in [5.74, 6) is -0.368. The molecule has 0 spiro atoms. The van der Waals surface area contributed by atoms with Gasteiger partial charge < -0.3 is 16.2 Å². The lowest BCUT2D eigenvalue weighted by molar-refractivity contribution is 0.101. The molecule has 2 heterocycles. The van der Waals surface area contributed by atoms with Crippen LogP contribution in [0.5, 0.6) is 0 Å². The summed E-state index contributed by atoms with van der Waals surface area (Å²) in [4.78, 5) is 23.1. The largest absolute Gasteiger partial charge is 0.393 e. The molecule has 0 bridgehead atoms. The summed E-state index contributed by atoms with van der Waals surface area (Å²) in [6.45, 7) is 1.68. The van der Waals surface area contributed by atoms with Crippen LogP contribution in [0.3, 0.4) is 0 Å². The summed E-state index contributed by atoms with van der Waals surface area (Å²) in [7, 11) is -4.10. The van der Waals surface area contributed by atoms with Crippen molar-refractivity contribution in [2.24, 2.45) is 16.8 Å². The van der Waals surface area contributed by atoms with E-state index in [1.807, 2.05) is 19.1 Å². The van der Waals surface area contributed by atoms with Gasteiger partial charge >= 0.3 is 10.3 Å². The van der Waals surface area contributed by atoms with Crippen LogP contribution in [0.1, 0.15) is 50.1 Å². The van der Waals surface area contributed by atoms with E-state index in [1.165, 1.54) is 23.9 Å². The normalized spacial score (nSPS) is 20.9. The number of carbonyl (C=O) groups excluding carboxylic acids is 1. The Morgan fingerprint density at radius 2 is 2.14 bits per heavy atom. The third-order valence-corrected chi connectivity index (χ3v) is 7.89. The van der Waals surface area contributed by atoms with Gasteiger partial charge in [-0.3, -0.25) is 8.98 Å². The molecule has 4 atom stereocenters. The van der Waals surface area contributed by atoms with E-state index in [0.717, 1.165) is 16.0 Å². The Hall–Kier alpha value is -2.45. The summed E-state index contributed by atoms with van der Waals surface area (Å²) in [6.07, 6.45) is 2.71. The molecule has 0 amide bonds. The van der Waals surface area contributed by atoms with Crippen LogP contribution in [-0.2, 0) is 14.5 Å². The molecule has 1 unspecified atom stereocenters. The van der Waals surface area contributed by atoms with Crippen molar-refractivity contribution in [2.45, 2.75) is 38.0 Å². The van der Waals surface area contributed by atoms with Crippen molar-refractivity contribution in [3.63, 3.8) is 0 Å². The monoisotopic (exact) mass is 551 g/mol. The fourth-order valence-corrected chi connectivity index (χ4v) is 5.90. The fraction of sp³-hybridized carbons (Fsp3) is 0.348. The number of nitrogens with one attached hydrogen (secondary N) is 1. The van der Waals surface area contributed by atoms with Gasteiger partial charge in [0.2, 0.25) is 5.78 Å². The highest BCUT2D eigenvalue weighted by Crippen LogP contribution is 2.33. The lowest BCUT2D eigenvalue weighted by Gasteiger charge is -2.15. The van der Waals surface area contributed by atoms with E-state index >= 15 is 0 Å². The van der Waals surface area contributed by atoms with Crippen LogP contribution in [0.2, 0.25) is 5.02 Å². The van der Waals surface area contributed by atoms with Crippen molar-refractivity contribution in [3.8, 4) is 0 Å². The van der Waals surface area contributed by atoms with Crippen LogP contribution in [0.4, 0.5) is 5.82 Å². The van der Waals surface area contributed by atoms with Crippen LogP contribution >= 0.6 is 22.9 Å². The minimum atomic E-state index is -4.10. The summed E-state index contributed by atoms with van der Waals surface area (Å²) < 4.78 is 26.8. The highest BCUT2D eigenvalue weighted by Gasteiger charge is 2.35. The maximum atomic E-state index is 13.4. The Labute approximate surface area is 217 Å². The number of aliphatic hydroxyl groups is 1. The van der Waals surface area contributed by atoms with Crippen molar-refractivity contribution >= 4 is 44.8 Å². The van der Waals surface area contributed by atoms with E-state index in [0.29, 0.717) is 28.6 Å². The zero-order valence-electron chi connectivity index (χ0n) is 19.3. The standard InChI is InChI=1S/C23H26ClN5O5S2/c1-12-17(21(25)13-3-2-4-15(24)5-13)8-20(35-12)22(31)18-9-27-11-28-23(18)29-16-6-14(19(30)7-16)10-34-36(26,32)33/h2-5,8-9,11,14,16,19,21,30H,6-7,10,25H2,1H3,(H2,26,32,33)(H,27,28,29)/t14-,16-,19+,21?/m1/s1. The molecule has 0 radical (unpaired) electrons. The number of aromatic nitrogens is 2. The van der Waals surface area contributed by atoms with Gasteiger partial charge in [0.1, 0.15) is 12.1 Å². The van der Waals surface area contributed by atoms with Gasteiger partial charge in [0, 0.05) is 28.1 Å². The van der Waals surface area contributed by atoms with Crippen LogP contribution < -0.4 is 16.2 Å². The van der Waals surface area contributed by atoms with Gasteiger partial charge in [0.25, 0.3) is 0 Å². The average Bonchev–Trinajstić information content (AvgIpc) is 3.38. The molecule has 1 aromatic carbocycles. The van der Waals surface area contributed by atoms with Crippen molar-refractivity contribution in [1.29, 1.82) is 0 Å². The molecule has 192 valence electrons. The SMILES string of the molecule is Cc1sc(C(=O)c2cncnc2N[C@@H]2C[C@H](COS(N)(=O)=O)[C@@H](O)C2)cc1C(N)c1cccc(Cl)c1. The van der Waals surface area contributed by atoms with E-state index < -0.39 is 28.4 Å². The van der Waals surface area contributed by atoms with Gasteiger partial charge in [-0.05, 0) is 49.1 Å². The van der Waals surface area contributed by atoms with Gasteiger partial charge in [0.05, 0.1) is 29.2 Å². The summed E-state index contributed by atoms with van der Waals surface area (Å²) in [5, 5.41) is 19.0. The topological polar surface area (TPSA) is 171 Å². The molecule has 3 aromatic rings. The highest BCUT2D eigenvalue weighted by atomic mass is 35.5. The minimum absolute atomic E-state index is 0.224. The molecular formula is C23H26ClN5O5S2. The van der Waals surface area contributed by atoms with Gasteiger partial charge in [-0.25, -0.2) is 15.1 Å². The Morgan fingerprint density at radius 1 is 1.36 bits per heavy atom. The first kappa shape index (κ1) is 26.6. The summed E-state index contributed by atoms with van der Waals surface area (Å²) in [5.41, 5.74) is 8.42. The number of aliphatic hydroxyl groups excluding tert-OH is 1. The maximum absolute atomic E-state index is 13.4. The molecule has 10 nitrogen and oxygen atoms in total. The van der Waals surface area contributed by atoms with Gasteiger partial charge in [-0.1, -0.05) is 23.7 Å². The van der Waals surface area contributed by atoms with Crippen molar-refractivity contribution < 1.29 is 22.5 Å². The first-order valence-corrected chi connectivity index (χ1v) is 13.8. The number of rotatable bonds is 9. The molecule has 1 saturated carbocycles. The van der Waals surface area contributed by atoms with Crippen LogP contribution in [0.25, 0.3) is 0 Å². The minimum Gasteiger partial charge on any atom is -0.393 e. The first-order valence-electron chi connectivity index (χ1n) is 11.1. The van der Waals surface area contributed by atoms with E-state index in [1.54, 1.807) is 18.2 Å². The van der Waals surface area contributed by atoms with E-state index in [-0.39, 0.29) is 24.0 Å². The second-order valence-electron chi connectivity index (χ2n) is 8.69. The number of halogens is 1. The predicted molar refractivity (Wildman–Crippen MR) is 137 cm³/mol. The zero-order valence-corrected chi connectivity index (χ0v) is 21.7. The lowest BCUT2D eigenvalue weighted by atomic mass is 9.99. The number of anilines is 1. The zero-order chi connectivity index (χ0) is 26.0. The number of thiophene rings is 1. The Balaban J connectivity index is 1.51. The Morgan fingerprint density at radius 3 is 2.86 bits per heavy atom. The molecule has 1 aliphatic rings. The highest BCUT2D eigenvalue weighted by molar-refractivity contribution is 7.84. The number of hydrogen-bond donors (Lipinski definition) is 4. The summed E-state index contributed by atoms with van der Waals surface area (Å²) >= 11 is 7.45. The van der Waals surface area contributed by atoms with Crippen molar-refractivity contribution in [1.82, 2.24) is 9.97 Å². The first-order chi connectivity index (χ1) is 17.0. The number of hydrogen-bond acceptors (Lipinski definition) is 10. The molecular weight excluding hydrogens is 526 g/mol. The number of benzene rings is 1. The molecule has 2 aromatic heterocycles. The fourth-order valence-electron chi connectivity index (χ4n) is 4.32. The lowest BCUT2D eigenvalue weighted by Crippen LogP contribution is -2.24. The third kappa shape index (κ3) is 6.27. The van der Waals surface area contributed by atoms with E-state index in [4.69, 9.17) is 22.5 Å². The average molecular weight is 552 g/mol. The van der Waals surface area contributed by atoms with Crippen LogP contribution in [-0.4, -0.2) is 48.0 Å². The molecule has 0 aliphatic heterocycles. The smallest absolute Gasteiger partial charge is 0.333 e. The van der Waals surface area contributed by atoms with Gasteiger partial charge in [-0.2, -0.15) is 8.42 Å². The number of aryl methyl sites for hydroxylation is 1. The Bertz CT molecular complexity index is 1370. The van der Waals surface area contributed by atoms with Crippen molar-refractivity contribution in [2.75, 3.05) is 11.9 Å². The van der Waals surface area contributed by atoms with Crippen molar-refractivity contribution in [3.05, 3.63) is 74.3 Å². The van der Waals surface area contributed by atoms with Gasteiger partial charge in [-0.15, -0.1) is 11.3 Å². The quantitative estimate of drug-likeness (QED) is 0.292. The second kappa shape index (κ2) is 10.9. The number of carbonyl (C=O) groups is 1. The summed E-state index contributed by atoms with van der Waals surface area (Å²) in [6, 6.07) is 8.38. The molecule has 1 aliphatic carbocycles. The van der Waals surface area contributed by atoms with Crippen LogP contribution in [0, 0.1) is 12.8 Å². The van der Waals surface area contributed by atoms with Gasteiger partial charge in [0.15, 0.2) is 0 Å². The molecule has 4 rings (SSSR count). The number of nitrogens with zero attached hydrogens (tertiary/aromatic N) is 2. The third-order valence-electron chi connectivity index (χ3n) is 6.12. The second-order valence-corrected chi connectivity index (χ2v) is 11.6. The molecule has 36 heavy (non-hydrogen) atoms. The molecule has 13 heteroatoms. The van der Waals surface area contributed by atoms with E-state index in [2.05, 4.69) is 19.5 Å². The van der Waals surface area contributed by atoms with E-state index in [9.17, 15) is 18.3 Å². The predicted octanol–water partition coefficient (Wildman–Crippen LogP) is 2.55. The maximum Gasteiger partial charge on any atom is 0.333 e. The number of nitrogens with two attached hydrogens (primary N) is 2.